The first kappa shape index (κ1) is 22.2. The molecule has 6 nitrogen and oxygen atoms in total. The molecule has 0 aliphatic rings. The van der Waals surface area contributed by atoms with Crippen LogP contribution in [-0.2, 0) is 19.6 Å². The maximum absolute atomic E-state index is 12.7. The van der Waals surface area contributed by atoms with Gasteiger partial charge in [-0.2, -0.15) is 0 Å². The molecule has 0 radical (unpaired) electrons. The molecule has 0 fully saturated rings. The maximum Gasteiger partial charge on any atom is 0.340 e. The van der Waals surface area contributed by atoms with Crippen LogP contribution in [0.25, 0.3) is 0 Å². The Morgan fingerprint density at radius 1 is 1.07 bits per heavy atom. The Hall–Kier alpha value is -2.09. The van der Waals surface area contributed by atoms with Crippen molar-refractivity contribution >= 4 is 50.7 Å². The summed E-state index contributed by atoms with van der Waals surface area (Å²) in [5, 5.41) is 0.172. The van der Waals surface area contributed by atoms with Crippen LogP contribution in [0.2, 0.25) is 10.0 Å². The molecule has 2 rings (SSSR count). The summed E-state index contributed by atoms with van der Waals surface area (Å²) in [6, 6.07) is 9.91. The van der Waals surface area contributed by atoms with Gasteiger partial charge in [0.1, 0.15) is 4.90 Å². The highest BCUT2D eigenvalue weighted by molar-refractivity contribution is 7.92. The van der Waals surface area contributed by atoms with Crippen LogP contribution in [0.1, 0.15) is 31.1 Å². The molecule has 0 aromatic heterocycles. The number of Topliss-reactive ketones (excluding diaryl/α,β-unsaturated/α-hetero) is 1. The molecule has 0 bridgehead atoms. The Bertz CT molecular complexity index is 1010. The number of ketones is 1. The molecule has 1 N–H and O–H groups in total. The number of carbonyl (C=O) groups is 2. The molecule has 0 aliphatic heterocycles. The van der Waals surface area contributed by atoms with Crippen molar-refractivity contribution in [3.8, 4) is 0 Å². The van der Waals surface area contributed by atoms with E-state index in [9.17, 15) is 18.0 Å². The van der Waals surface area contributed by atoms with E-state index < -0.39 is 28.0 Å². The number of rotatable bonds is 6. The molecule has 2 aromatic carbocycles. The lowest BCUT2D eigenvalue weighted by molar-refractivity contribution is -0.129. The Labute approximate surface area is 173 Å². The molecule has 9 heteroatoms. The highest BCUT2D eigenvalue weighted by Crippen LogP contribution is 2.28. The number of ether oxygens (including phenoxy) is 1. The van der Waals surface area contributed by atoms with Crippen molar-refractivity contribution in [1.82, 2.24) is 0 Å². The van der Waals surface area contributed by atoms with Crippen molar-refractivity contribution in [3.63, 3.8) is 0 Å². The fraction of sp³-hybridized carbons (Fsp3) is 0.263. The number of halogens is 2. The Morgan fingerprint density at radius 3 is 2.36 bits per heavy atom. The zero-order valence-corrected chi connectivity index (χ0v) is 17.8. The Balaban J connectivity index is 2.28. The average Bonchev–Trinajstić information content (AvgIpc) is 2.60. The van der Waals surface area contributed by atoms with Crippen molar-refractivity contribution in [2.75, 3.05) is 11.3 Å². The summed E-state index contributed by atoms with van der Waals surface area (Å²) in [7, 11) is -4.12. The minimum Gasteiger partial charge on any atom is -0.454 e. The van der Waals surface area contributed by atoms with Crippen LogP contribution < -0.4 is 4.72 Å². The van der Waals surface area contributed by atoms with Crippen LogP contribution in [0.15, 0.2) is 47.4 Å². The molecule has 0 unspecified atom stereocenters. The number of esters is 1. The minimum atomic E-state index is -4.12. The van der Waals surface area contributed by atoms with Crippen LogP contribution in [-0.4, -0.2) is 26.8 Å². The third-order valence-electron chi connectivity index (χ3n) is 3.74. The summed E-state index contributed by atoms with van der Waals surface area (Å²) < 4.78 is 32.7. The molecule has 0 saturated carbocycles. The topological polar surface area (TPSA) is 89.5 Å². The highest BCUT2D eigenvalue weighted by atomic mass is 35.5. The first-order valence-electron chi connectivity index (χ1n) is 8.19. The smallest absolute Gasteiger partial charge is 0.340 e. The summed E-state index contributed by atoms with van der Waals surface area (Å²) in [4.78, 5) is 24.1. The summed E-state index contributed by atoms with van der Waals surface area (Å²) in [6.07, 6.45) is 0. The van der Waals surface area contributed by atoms with Gasteiger partial charge in [-0.1, -0.05) is 56.1 Å². The standard InChI is InChI=1S/C19H19Cl2NO5S/c1-19(2,3)17(23)11-27-18(24)13-6-4-5-7-15(13)22-28(25,26)16-10-12(20)8-9-14(16)21/h4-10,22H,11H2,1-3H3. The molecule has 0 atom stereocenters. The van der Waals surface area contributed by atoms with Gasteiger partial charge in [-0.25, -0.2) is 13.2 Å². The van der Waals surface area contributed by atoms with Gasteiger partial charge in [0, 0.05) is 10.4 Å². The second-order valence-electron chi connectivity index (χ2n) is 6.98. The first-order chi connectivity index (χ1) is 12.9. The van der Waals surface area contributed by atoms with E-state index in [4.69, 9.17) is 27.9 Å². The first-order valence-corrected chi connectivity index (χ1v) is 10.4. The monoisotopic (exact) mass is 443 g/mol. The number of nitrogens with one attached hydrogen (secondary N) is 1. The minimum absolute atomic E-state index is 0.00764. The molecular formula is C19H19Cl2NO5S. The number of hydrogen-bond acceptors (Lipinski definition) is 5. The van der Waals surface area contributed by atoms with Gasteiger partial charge >= 0.3 is 5.97 Å². The molecule has 2 aromatic rings. The van der Waals surface area contributed by atoms with Gasteiger partial charge in [0.2, 0.25) is 0 Å². The lowest BCUT2D eigenvalue weighted by atomic mass is 9.91. The van der Waals surface area contributed by atoms with Crippen LogP contribution >= 0.6 is 23.2 Å². The molecule has 0 heterocycles. The van der Waals surface area contributed by atoms with E-state index in [0.29, 0.717) is 0 Å². The van der Waals surface area contributed by atoms with Crippen molar-refractivity contribution < 1.29 is 22.7 Å². The number of para-hydroxylation sites is 1. The van der Waals surface area contributed by atoms with E-state index in [1.807, 2.05) is 0 Å². The average molecular weight is 444 g/mol. The number of sulfonamides is 1. The van der Waals surface area contributed by atoms with Crippen LogP contribution in [0.4, 0.5) is 5.69 Å². The van der Waals surface area contributed by atoms with Crippen molar-refractivity contribution in [1.29, 1.82) is 0 Å². The van der Waals surface area contributed by atoms with Gasteiger partial charge in [0.25, 0.3) is 10.0 Å². The van der Waals surface area contributed by atoms with E-state index in [0.717, 1.165) is 0 Å². The van der Waals surface area contributed by atoms with Crippen molar-refractivity contribution in [2.45, 2.75) is 25.7 Å². The second-order valence-corrected chi connectivity index (χ2v) is 9.47. The maximum atomic E-state index is 12.7. The highest BCUT2D eigenvalue weighted by Gasteiger charge is 2.25. The number of anilines is 1. The largest absolute Gasteiger partial charge is 0.454 e. The predicted molar refractivity (Wildman–Crippen MR) is 108 cm³/mol. The molecule has 0 spiro atoms. The summed E-state index contributed by atoms with van der Waals surface area (Å²) >= 11 is 11.8. The zero-order valence-electron chi connectivity index (χ0n) is 15.5. The number of benzene rings is 2. The van der Waals surface area contributed by atoms with E-state index in [1.54, 1.807) is 32.9 Å². The Morgan fingerprint density at radius 2 is 1.71 bits per heavy atom. The number of hydrogen-bond donors (Lipinski definition) is 1. The van der Waals surface area contributed by atoms with Crippen molar-refractivity contribution in [2.24, 2.45) is 5.41 Å². The van der Waals surface area contributed by atoms with Gasteiger partial charge in [0.05, 0.1) is 16.3 Å². The fourth-order valence-electron chi connectivity index (χ4n) is 2.06. The Kier molecular flexibility index (Phi) is 6.75. The molecule has 0 amide bonds. The van der Waals surface area contributed by atoms with Gasteiger partial charge in [-0.15, -0.1) is 0 Å². The third-order valence-corrected chi connectivity index (χ3v) is 5.83. The fourth-order valence-corrected chi connectivity index (χ4v) is 3.90. The van der Waals surface area contributed by atoms with E-state index in [2.05, 4.69) is 4.72 Å². The van der Waals surface area contributed by atoms with Gasteiger partial charge < -0.3 is 4.74 Å². The van der Waals surface area contributed by atoms with Gasteiger partial charge in [-0.3, -0.25) is 9.52 Å². The third kappa shape index (κ3) is 5.47. The van der Waals surface area contributed by atoms with Crippen molar-refractivity contribution in [3.05, 3.63) is 58.1 Å². The summed E-state index contributed by atoms with van der Waals surface area (Å²) in [5.41, 5.74) is -0.706. The van der Waals surface area contributed by atoms with Crippen LogP contribution in [0.3, 0.4) is 0 Å². The molecule has 0 aliphatic carbocycles. The SMILES string of the molecule is CC(C)(C)C(=O)COC(=O)c1ccccc1NS(=O)(=O)c1cc(Cl)ccc1Cl. The summed E-state index contributed by atoms with van der Waals surface area (Å²) in [5.74, 6) is -1.09. The van der Waals surface area contributed by atoms with Crippen LogP contribution in [0.5, 0.6) is 0 Å². The van der Waals surface area contributed by atoms with E-state index in [1.165, 1.54) is 30.3 Å². The summed E-state index contributed by atoms with van der Waals surface area (Å²) in [6.45, 7) is 4.71. The molecule has 28 heavy (non-hydrogen) atoms. The lowest BCUT2D eigenvalue weighted by Gasteiger charge is -2.17. The van der Waals surface area contributed by atoms with Gasteiger partial charge in [-0.05, 0) is 30.3 Å². The zero-order chi connectivity index (χ0) is 21.1. The normalized spacial score (nSPS) is 11.8. The van der Waals surface area contributed by atoms with Gasteiger partial charge in [0.15, 0.2) is 12.4 Å². The molecule has 150 valence electrons. The molecular weight excluding hydrogens is 425 g/mol. The second kappa shape index (κ2) is 8.51. The van der Waals surface area contributed by atoms with E-state index >= 15 is 0 Å². The lowest BCUT2D eigenvalue weighted by Crippen LogP contribution is -2.26. The molecule has 0 saturated heterocycles. The number of carbonyl (C=O) groups excluding carboxylic acids is 2. The van der Waals surface area contributed by atoms with E-state index in [-0.39, 0.29) is 32.0 Å². The predicted octanol–water partition coefficient (Wildman–Crippen LogP) is 4.57. The van der Waals surface area contributed by atoms with Crippen LogP contribution in [0, 0.1) is 5.41 Å². The quantitative estimate of drug-likeness (QED) is 0.660.